The van der Waals surface area contributed by atoms with Gasteiger partial charge in [0.25, 0.3) is 0 Å². The third-order valence-corrected chi connectivity index (χ3v) is 4.54. The number of halogens is 1. The van der Waals surface area contributed by atoms with Crippen LogP contribution in [-0.2, 0) is 0 Å². The molecule has 0 aromatic heterocycles. The summed E-state index contributed by atoms with van der Waals surface area (Å²) in [5.74, 6) is 0. The number of nitrogens with one attached hydrogen (secondary N) is 1. The Hall–Kier alpha value is -0.580. The molecule has 0 bridgehead atoms. The van der Waals surface area contributed by atoms with Crippen LogP contribution in [0, 0.1) is 0 Å². The molecule has 1 atom stereocenters. The van der Waals surface area contributed by atoms with E-state index in [4.69, 9.17) is 0 Å². The maximum atomic E-state index is 3.52. The number of anilines is 1. The SMILES string of the molecule is CCC1CN(C)CCCN1CCNc1cccc(Br)c1. The van der Waals surface area contributed by atoms with Crippen LogP contribution >= 0.6 is 15.9 Å². The van der Waals surface area contributed by atoms with Gasteiger partial charge in [-0.25, -0.2) is 0 Å². The zero-order valence-corrected chi connectivity index (χ0v) is 14.2. The van der Waals surface area contributed by atoms with E-state index < -0.39 is 0 Å². The second-order valence-electron chi connectivity index (χ2n) is 5.65. The molecule has 4 heteroatoms. The summed E-state index contributed by atoms with van der Waals surface area (Å²) in [5.41, 5.74) is 1.19. The lowest BCUT2D eigenvalue weighted by Gasteiger charge is -2.30. The van der Waals surface area contributed by atoms with E-state index in [9.17, 15) is 0 Å². The fourth-order valence-corrected chi connectivity index (χ4v) is 3.32. The van der Waals surface area contributed by atoms with Crippen LogP contribution in [-0.4, -0.2) is 55.6 Å². The van der Waals surface area contributed by atoms with E-state index in [1.54, 1.807) is 0 Å². The van der Waals surface area contributed by atoms with Crippen molar-refractivity contribution in [2.75, 3.05) is 45.1 Å². The van der Waals surface area contributed by atoms with E-state index in [0.29, 0.717) is 6.04 Å². The second kappa shape index (κ2) is 8.01. The Kier molecular flexibility index (Phi) is 6.33. The lowest BCUT2D eigenvalue weighted by Crippen LogP contribution is -2.41. The molecule has 1 unspecified atom stereocenters. The van der Waals surface area contributed by atoms with Crippen LogP contribution < -0.4 is 5.32 Å². The third-order valence-electron chi connectivity index (χ3n) is 4.05. The maximum Gasteiger partial charge on any atom is 0.0351 e. The Balaban J connectivity index is 1.82. The number of hydrogen-bond donors (Lipinski definition) is 1. The van der Waals surface area contributed by atoms with Gasteiger partial charge in [-0.1, -0.05) is 28.9 Å². The van der Waals surface area contributed by atoms with Gasteiger partial charge in [-0.3, -0.25) is 4.90 Å². The van der Waals surface area contributed by atoms with Crippen molar-refractivity contribution in [1.29, 1.82) is 0 Å². The minimum atomic E-state index is 0.701. The molecule has 1 heterocycles. The molecule has 0 spiro atoms. The Bertz CT molecular complexity index is 410. The minimum Gasteiger partial charge on any atom is -0.384 e. The van der Waals surface area contributed by atoms with E-state index in [0.717, 1.165) is 17.6 Å². The third kappa shape index (κ3) is 4.76. The topological polar surface area (TPSA) is 18.5 Å². The maximum absolute atomic E-state index is 3.52. The molecular weight excluding hydrogens is 314 g/mol. The van der Waals surface area contributed by atoms with Crippen molar-refractivity contribution in [3.8, 4) is 0 Å². The summed E-state index contributed by atoms with van der Waals surface area (Å²) < 4.78 is 1.13. The van der Waals surface area contributed by atoms with Gasteiger partial charge < -0.3 is 10.2 Å². The summed E-state index contributed by atoms with van der Waals surface area (Å²) in [5, 5.41) is 3.52. The average molecular weight is 340 g/mol. The first-order chi connectivity index (χ1) is 9.69. The van der Waals surface area contributed by atoms with Crippen LogP contribution in [0.25, 0.3) is 0 Å². The molecule has 1 aromatic rings. The van der Waals surface area contributed by atoms with Crippen molar-refractivity contribution in [2.45, 2.75) is 25.8 Å². The Morgan fingerprint density at radius 3 is 2.95 bits per heavy atom. The number of likely N-dealkylation sites (N-methyl/N-ethyl adjacent to an activating group) is 1. The van der Waals surface area contributed by atoms with Gasteiger partial charge in [0.1, 0.15) is 0 Å². The van der Waals surface area contributed by atoms with Gasteiger partial charge in [-0.15, -0.1) is 0 Å². The van der Waals surface area contributed by atoms with Crippen LogP contribution in [0.5, 0.6) is 0 Å². The predicted molar refractivity (Wildman–Crippen MR) is 90.4 cm³/mol. The summed E-state index contributed by atoms with van der Waals surface area (Å²) >= 11 is 3.51. The van der Waals surface area contributed by atoms with Gasteiger partial charge in [-0.05, 0) is 51.2 Å². The lowest BCUT2D eigenvalue weighted by atomic mass is 10.2. The molecule has 1 aliphatic rings. The van der Waals surface area contributed by atoms with Gasteiger partial charge >= 0.3 is 0 Å². The van der Waals surface area contributed by atoms with Gasteiger partial charge in [0.2, 0.25) is 0 Å². The summed E-state index contributed by atoms with van der Waals surface area (Å²) in [7, 11) is 2.24. The van der Waals surface area contributed by atoms with Crippen LogP contribution in [0.15, 0.2) is 28.7 Å². The highest BCUT2D eigenvalue weighted by Gasteiger charge is 2.21. The predicted octanol–water partition coefficient (Wildman–Crippen LogP) is 3.28. The molecule has 3 nitrogen and oxygen atoms in total. The van der Waals surface area contributed by atoms with Crippen LogP contribution in [0.1, 0.15) is 19.8 Å². The first kappa shape index (κ1) is 15.8. The Morgan fingerprint density at radius 2 is 2.20 bits per heavy atom. The van der Waals surface area contributed by atoms with Crippen LogP contribution in [0.4, 0.5) is 5.69 Å². The highest BCUT2D eigenvalue weighted by molar-refractivity contribution is 9.10. The summed E-state index contributed by atoms with van der Waals surface area (Å²) in [6.45, 7) is 8.09. The second-order valence-corrected chi connectivity index (χ2v) is 6.57. The molecule has 2 rings (SSSR count). The highest BCUT2D eigenvalue weighted by atomic mass is 79.9. The minimum absolute atomic E-state index is 0.701. The molecule has 1 saturated heterocycles. The summed E-state index contributed by atoms with van der Waals surface area (Å²) in [6, 6.07) is 9.09. The molecule has 112 valence electrons. The van der Waals surface area contributed by atoms with Gasteiger partial charge in [-0.2, -0.15) is 0 Å². The number of nitrogens with zero attached hydrogens (tertiary/aromatic N) is 2. The first-order valence-electron chi connectivity index (χ1n) is 7.61. The molecule has 1 N–H and O–H groups in total. The number of hydrogen-bond acceptors (Lipinski definition) is 3. The van der Waals surface area contributed by atoms with E-state index in [-0.39, 0.29) is 0 Å². The van der Waals surface area contributed by atoms with E-state index in [1.165, 1.54) is 38.2 Å². The molecular formula is C16H26BrN3. The van der Waals surface area contributed by atoms with E-state index in [1.807, 2.05) is 0 Å². The molecule has 1 aliphatic heterocycles. The standard InChI is InChI=1S/C16H26BrN3/c1-3-16-13-19(2)9-5-10-20(16)11-8-18-15-7-4-6-14(17)12-15/h4,6-7,12,16,18H,3,5,8-11,13H2,1-2H3. The van der Waals surface area contributed by atoms with E-state index in [2.05, 4.69) is 69.3 Å². The van der Waals surface area contributed by atoms with Crippen molar-refractivity contribution in [2.24, 2.45) is 0 Å². The van der Waals surface area contributed by atoms with Crippen molar-refractivity contribution >= 4 is 21.6 Å². The Morgan fingerprint density at radius 1 is 1.35 bits per heavy atom. The quantitative estimate of drug-likeness (QED) is 0.888. The van der Waals surface area contributed by atoms with Gasteiger partial charge in [0, 0.05) is 35.8 Å². The van der Waals surface area contributed by atoms with E-state index >= 15 is 0 Å². The van der Waals surface area contributed by atoms with Gasteiger partial charge in [0.15, 0.2) is 0 Å². The molecule has 0 aliphatic carbocycles. The number of rotatable bonds is 5. The van der Waals surface area contributed by atoms with Crippen molar-refractivity contribution < 1.29 is 0 Å². The highest BCUT2D eigenvalue weighted by Crippen LogP contribution is 2.16. The number of benzene rings is 1. The average Bonchev–Trinajstić information content (AvgIpc) is 2.60. The zero-order chi connectivity index (χ0) is 14.4. The van der Waals surface area contributed by atoms with Gasteiger partial charge in [0.05, 0.1) is 0 Å². The van der Waals surface area contributed by atoms with Crippen LogP contribution in [0.3, 0.4) is 0 Å². The van der Waals surface area contributed by atoms with Crippen molar-refractivity contribution in [1.82, 2.24) is 9.80 Å². The lowest BCUT2D eigenvalue weighted by molar-refractivity contribution is 0.190. The van der Waals surface area contributed by atoms with Crippen molar-refractivity contribution in [3.63, 3.8) is 0 Å². The molecule has 1 fully saturated rings. The summed E-state index contributed by atoms with van der Waals surface area (Å²) in [6.07, 6.45) is 2.52. The summed E-state index contributed by atoms with van der Waals surface area (Å²) in [4.78, 5) is 5.12. The first-order valence-corrected chi connectivity index (χ1v) is 8.40. The fraction of sp³-hybridized carbons (Fsp3) is 0.625. The largest absolute Gasteiger partial charge is 0.384 e. The normalized spacial score (nSPS) is 21.6. The Labute approximate surface area is 131 Å². The monoisotopic (exact) mass is 339 g/mol. The molecule has 20 heavy (non-hydrogen) atoms. The molecule has 0 saturated carbocycles. The fourth-order valence-electron chi connectivity index (χ4n) is 2.92. The van der Waals surface area contributed by atoms with Crippen molar-refractivity contribution in [3.05, 3.63) is 28.7 Å². The van der Waals surface area contributed by atoms with Crippen LogP contribution in [0.2, 0.25) is 0 Å². The molecule has 0 amide bonds. The smallest absolute Gasteiger partial charge is 0.0351 e. The molecule has 0 radical (unpaired) electrons. The zero-order valence-electron chi connectivity index (χ0n) is 12.6. The molecule has 1 aromatic carbocycles.